The molecule has 0 fully saturated rings. The SMILES string of the molecule is COc1cnc(N)c(OC)c1N. The van der Waals surface area contributed by atoms with Crippen molar-refractivity contribution in [2.24, 2.45) is 0 Å². The normalized spacial score (nSPS) is 9.50. The van der Waals surface area contributed by atoms with Crippen LogP contribution in [-0.2, 0) is 0 Å². The van der Waals surface area contributed by atoms with Crippen LogP contribution in [-0.4, -0.2) is 19.2 Å². The Morgan fingerprint density at radius 2 is 1.92 bits per heavy atom. The van der Waals surface area contributed by atoms with Crippen LogP contribution in [0.5, 0.6) is 11.5 Å². The van der Waals surface area contributed by atoms with E-state index in [0.717, 1.165) is 0 Å². The van der Waals surface area contributed by atoms with Crippen molar-refractivity contribution < 1.29 is 9.47 Å². The molecule has 0 unspecified atom stereocenters. The van der Waals surface area contributed by atoms with Gasteiger partial charge in [0.1, 0.15) is 5.69 Å². The average Bonchev–Trinajstić information content (AvgIpc) is 2.06. The topological polar surface area (TPSA) is 83.4 Å². The standard InChI is InChI=1S/C7H11N3O2/c1-11-4-3-10-7(9)6(12-2)5(4)8/h3H,1-2H3,(H4,8,9,10). The number of aromatic nitrogens is 1. The van der Waals surface area contributed by atoms with Gasteiger partial charge in [-0.15, -0.1) is 0 Å². The summed E-state index contributed by atoms with van der Waals surface area (Å²) in [5, 5.41) is 0. The van der Waals surface area contributed by atoms with Crippen molar-refractivity contribution >= 4 is 11.5 Å². The van der Waals surface area contributed by atoms with E-state index >= 15 is 0 Å². The Labute approximate surface area is 70.3 Å². The monoisotopic (exact) mass is 169 g/mol. The van der Waals surface area contributed by atoms with Crippen molar-refractivity contribution in [1.29, 1.82) is 0 Å². The number of rotatable bonds is 2. The Morgan fingerprint density at radius 3 is 2.42 bits per heavy atom. The lowest BCUT2D eigenvalue weighted by Gasteiger charge is -2.09. The molecule has 0 bridgehead atoms. The van der Waals surface area contributed by atoms with Gasteiger partial charge in [0.15, 0.2) is 17.3 Å². The average molecular weight is 169 g/mol. The van der Waals surface area contributed by atoms with E-state index in [2.05, 4.69) is 4.98 Å². The predicted molar refractivity (Wildman–Crippen MR) is 46.2 cm³/mol. The highest BCUT2D eigenvalue weighted by Gasteiger charge is 2.10. The number of ether oxygens (including phenoxy) is 2. The Balaban J connectivity index is 3.24. The zero-order valence-electron chi connectivity index (χ0n) is 7.00. The van der Waals surface area contributed by atoms with Crippen molar-refractivity contribution in [3.8, 4) is 11.5 Å². The fourth-order valence-electron chi connectivity index (χ4n) is 0.883. The summed E-state index contributed by atoms with van der Waals surface area (Å²) in [4.78, 5) is 3.83. The summed E-state index contributed by atoms with van der Waals surface area (Å²) in [5.41, 5.74) is 11.5. The molecule has 0 aliphatic rings. The number of nitrogen functional groups attached to an aromatic ring is 2. The third-order valence-electron chi connectivity index (χ3n) is 1.49. The minimum atomic E-state index is 0.260. The molecule has 0 atom stereocenters. The third-order valence-corrected chi connectivity index (χ3v) is 1.49. The molecule has 1 aromatic rings. The molecule has 1 rings (SSSR count). The Hall–Kier alpha value is -1.65. The number of nitrogens with zero attached hydrogens (tertiary/aromatic N) is 1. The lowest BCUT2D eigenvalue weighted by atomic mass is 10.3. The molecule has 0 aliphatic carbocycles. The summed E-state index contributed by atoms with van der Waals surface area (Å²) in [5.74, 6) is 1.08. The highest BCUT2D eigenvalue weighted by atomic mass is 16.5. The number of pyridine rings is 1. The summed E-state index contributed by atoms with van der Waals surface area (Å²) < 4.78 is 9.85. The molecule has 1 aromatic heterocycles. The molecular formula is C7H11N3O2. The molecule has 0 saturated carbocycles. The maximum absolute atomic E-state index is 5.64. The number of nitrogens with two attached hydrogens (primary N) is 2. The number of anilines is 2. The molecule has 0 aliphatic heterocycles. The Bertz CT molecular complexity index is 288. The summed E-state index contributed by atoms with van der Waals surface area (Å²) in [6, 6.07) is 0. The summed E-state index contributed by atoms with van der Waals surface area (Å²) in [6.45, 7) is 0. The molecular weight excluding hydrogens is 158 g/mol. The van der Waals surface area contributed by atoms with Crippen LogP contribution in [0.2, 0.25) is 0 Å². The second-order valence-electron chi connectivity index (χ2n) is 2.16. The van der Waals surface area contributed by atoms with Crippen LogP contribution >= 0.6 is 0 Å². The van der Waals surface area contributed by atoms with Crippen molar-refractivity contribution in [3.63, 3.8) is 0 Å². The molecule has 5 nitrogen and oxygen atoms in total. The van der Waals surface area contributed by atoms with E-state index in [1.54, 1.807) is 0 Å². The molecule has 4 N–H and O–H groups in total. The Kier molecular flexibility index (Phi) is 2.23. The zero-order valence-corrected chi connectivity index (χ0v) is 7.00. The lowest BCUT2D eigenvalue weighted by molar-refractivity contribution is 0.397. The minimum absolute atomic E-state index is 0.260. The number of methoxy groups -OCH3 is 2. The smallest absolute Gasteiger partial charge is 0.187 e. The summed E-state index contributed by atoms with van der Waals surface area (Å²) in [7, 11) is 2.98. The molecule has 12 heavy (non-hydrogen) atoms. The first-order valence-corrected chi connectivity index (χ1v) is 3.32. The van der Waals surface area contributed by atoms with Crippen LogP contribution in [0.4, 0.5) is 11.5 Å². The quantitative estimate of drug-likeness (QED) is 0.663. The van der Waals surface area contributed by atoms with Crippen LogP contribution in [0.1, 0.15) is 0 Å². The summed E-state index contributed by atoms with van der Waals surface area (Å²) >= 11 is 0. The fourth-order valence-corrected chi connectivity index (χ4v) is 0.883. The first kappa shape index (κ1) is 8.45. The van der Waals surface area contributed by atoms with Gasteiger partial charge >= 0.3 is 0 Å². The number of hydrogen-bond acceptors (Lipinski definition) is 5. The highest BCUT2D eigenvalue weighted by Crippen LogP contribution is 2.34. The van der Waals surface area contributed by atoms with E-state index in [9.17, 15) is 0 Å². The van der Waals surface area contributed by atoms with Crippen LogP contribution in [0.25, 0.3) is 0 Å². The van der Waals surface area contributed by atoms with Crippen molar-refractivity contribution in [1.82, 2.24) is 4.98 Å². The second kappa shape index (κ2) is 3.17. The molecule has 0 radical (unpaired) electrons. The van der Waals surface area contributed by atoms with Gasteiger partial charge < -0.3 is 20.9 Å². The van der Waals surface area contributed by atoms with Gasteiger partial charge in [0, 0.05) is 0 Å². The van der Waals surface area contributed by atoms with Gasteiger partial charge in [0.25, 0.3) is 0 Å². The zero-order chi connectivity index (χ0) is 9.14. The van der Waals surface area contributed by atoms with Crippen LogP contribution < -0.4 is 20.9 Å². The van der Waals surface area contributed by atoms with Crippen molar-refractivity contribution in [2.75, 3.05) is 25.7 Å². The van der Waals surface area contributed by atoms with E-state index in [-0.39, 0.29) is 5.82 Å². The first-order valence-electron chi connectivity index (χ1n) is 3.32. The van der Waals surface area contributed by atoms with E-state index < -0.39 is 0 Å². The van der Waals surface area contributed by atoms with Gasteiger partial charge in [-0.25, -0.2) is 4.98 Å². The molecule has 0 saturated heterocycles. The van der Waals surface area contributed by atoms with Gasteiger partial charge in [-0.3, -0.25) is 0 Å². The van der Waals surface area contributed by atoms with Gasteiger partial charge in [-0.2, -0.15) is 0 Å². The summed E-state index contributed by atoms with van der Waals surface area (Å²) in [6.07, 6.45) is 1.45. The van der Waals surface area contributed by atoms with Gasteiger partial charge in [-0.05, 0) is 0 Å². The van der Waals surface area contributed by atoms with E-state index in [0.29, 0.717) is 17.2 Å². The fraction of sp³-hybridized carbons (Fsp3) is 0.286. The number of hydrogen-bond donors (Lipinski definition) is 2. The lowest BCUT2D eigenvalue weighted by Crippen LogP contribution is -2.02. The maximum atomic E-state index is 5.64. The van der Waals surface area contributed by atoms with Crippen molar-refractivity contribution in [2.45, 2.75) is 0 Å². The van der Waals surface area contributed by atoms with Crippen LogP contribution in [0, 0.1) is 0 Å². The predicted octanol–water partition coefficient (Wildman–Crippen LogP) is 0.263. The Morgan fingerprint density at radius 1 is 1.25 bits per heavy atom. The molecule has 0 aromatic carbocycles. The molecule has 0 amide bonds. The van der Waals surface area contributed by atoms with Gasteiger partial charge in [-0.1, -0.05) is 0 Å². The van der Waals surface area contributed by atoms with E-state index in [4.69, 9.17) is 20.9 Å². The minimum Gasteiger partial charge on any atom is -0.493 e. The first-order chi connectivity index (χ1) is 5.70. The maximum Gasteiger partial charge on any atom is 0.187 e. The van der Waals surface area contributed by atoms with Gasteiger partial charge in [0.2, 0.25) is 0 Å². The molecule has 5 heteroatoms. The third kappa shape index (κ3) is 1.20. The van der Waals surface area contributed by atoms with Gasteiger partial charge in [0.05, 0.1) is 20.4 Å². The van der Waals surface area contributed by atoms with Crippen molar-refractivity contribution in [3.05, 3.63) is 6.20 Å². The second-order valence-corrected chi connectivity index (χ2v) is 2.16. The van der Waals surface area contributed by atoms with Crippen LogP contribution in [0.15, 0.2) is 6.20 Å². The van der Waals surface area contributed by atoms with E-state index in [1.165, 1.54) is 20.4 Å². The molecule has 66 valence electrons. The molecule has 0 spiro atoms. The van der Waals surface area contributed by atoms with E-state index in [1.807, 2.05) is 0 Å². The highest BCUT2D eigenvalue weighted by molar-refractivity contribution is 5.69. The largest absolute Gasteiger partial charge is 0.493 e. The molecule has 1 heterocycles. The van der Waals surface area contributed by atoms with Crippen LogP contribution in [0.3, 0.4) is 0 Å².